The lowest BCUT2D eigenvalue weighted by atomic mass is 10.0. The number of amides is 1. The van der Waals surface area contributed by atoms with E-state index in [4.69, 9.17) is 11.6 Å². The van der Waals surface area contributed by atoms with Gasteiger partial charge >= 0.3 is 0 Å². The number of carbonyl (C=O) groups excluding carboxylic acids is 1. The Hall–Kier alpha value is -2.33. The van der Waals surface area contributed by atoms with Gasteiger partial charge in [0.05, 0.1) is 16.1 Å². The van der Waals surface area contributed by atoms with Gasteiger partial charge in [-0.3, -0.25) is 4.79 Å². The molecule has 2 N–H and O–H groups in total. The van der Waals surface area contributed by atoms with Gasteiger partial charge in [0.1, 0.15) is 5.82 Å². The zero-order valence-electron chi connectivity index (χ0n) is 13.5. The van der Waals surface area contributed by atoms with Crippen LogP contribution in [0.1, 0.15) is 27.2 Å². The molecule has 2 aromatic carbocycles. The molecule has 3 rings (SSSR count). The summed E-state index contributed by atoms with van der Waals surface area (Å²) in [5.74, 6) is -0.467. The molecule has 1 aromatic heterocycles. The first-order valence-corrected chi connectivity index (χ1v) is 8.16. The summed E-state index contributed by atoms with van der Waals surface area (Å²) < 4.78 is 14.0. The number of fused-ring (bicyclic) bond motifs is 1. The molecule has 0 radical (unpaired) electrons. The summed E-state index contributed by atoms with van der Waals surface area (Å²) in [4.78, 5) is 15.3. The van der Waals surface area contributed by atoms with E-state index >= 15 is 0 Å². The Morgan fingerprint density at radius 2 is 1.96 bits per heavy atom. The third-order valence-electron chi connectivity index (χ3n) is 4.21. The van der Waals surface area contributed by atoms with E-state index < -0.39 is 0 Å². The van der Waals surface area contributed by atoms with Crippen LogP contribution in [-0.4, -0.2) is 17.4 Å². The highest BCUT2D eigenvalue weighted by Crippen LogP contribution is 2.27. The van der Waals surface area contributed by atoms with E-state index in [1.54, 1.807) is 30.3 Å². The molecule has 0 aliphatic heterocycles. The molecule has 24 heavy (non-hydrogen) atoms. The van der Waals surface area contributed by atoms with Gasteiger partial charge in [-0.15, -0.1) is 0 Å². The van der Waals surface area contributed by atoms with E-state index in [0.29, 0.717) is 29.1 Å². The highest BCUT2D eigenvalue weighted by Gasteiger charge is 2.14. The molecule has 3 nitrogen and oxygen atoms in total. The first-order valence-electron chi connectivity index (χ1n) is 7.78. The molecule has 0 spiro atoms. The number of halogens is 2. The average Bonchev–Trinajstić information content (AvgIpc) is 2.89. The van der Waals surface area contributed by atoms with E-state index in [2.05, 4.69) is 10.3 Å². The fraction of sp³-hybridized carbons (Fsp3) is 0.211. The number of aromatic nitrogens is 1. The van der Waals surface area contributed by atoms with Gasteiger partial charge in [-0.25, -0.2) is 4.39 Å². The summed E-state index contributed by atoms with van der Waals surface area (Å²) in [6.45, 7) is 4.33. The topological polar surface area (TPSA) is 44.9 Å². The summed E-state index contributed by atoms with van der Waals surface area (Å²) in [6, 6.07) is 10.2. The van der Waals surface area contributed by atoms with Gasteiger partial charge in [-0.05, 0) is 49.6 Å². The van der Waals surface area contributed by atoms with Gasteiger partial charge in [-0.1, -0.05) is 29.8 Å². The Bertz CT molecular complexity index is 917. The van der Waals surface area contributed by atoms with Gasteiger partial charge in [0.15, 0.2) is 0 Å². The molecule has 0 aliphatic carbocycles. The van der Waals surface area contributed by atoms with Crippen LogP contribution in [0.5, 0.6) is 0 Å². The largest absolute Gasteiger partial charge is 0.356 e. The monoisotopic (exact) mass is 344 g/mol. The Morgan fingerprint density at radius 3 is 2.71 bits per heavy atom. The molecule has 1 amide bonds. The normalized spacial score (nSPS) is 11.0. The molecule has 1 heterocycles. The van der Waals surface area contributed by atoms with E-state index in [0.717, 1.165) is 22.2 Å². The zero-order chi connectivity index (χ0) is 17.3. The van der Waals surface area contributed by atoms with Crippen LogP contribution in [0.3, 0.4) is 0 Å². The minimum absolute atomic E-state index is 0.207. The maximum Gasteiger partial charge on any atom is 0.252 e. The number of carbonyl (C=O) groups is 1. The molecule has 0 saturated carbocycles. The fourth-order valence-corrected chi connectivity index (χ4v) is 3.22. The second kappa shape index (κ2) is 6.65. The summed E-state index contributed by atoms with van der Waals surface area (Å²) in [5, 5.41) is 4.20. The second-order valence-electron chi connectivity index (χ2n) is 5.83. The number of hydrogen-bond acceptors (Lipinski definition) is 1. The van der Waals surface area contributed by atoms with Gasteiger partial charge < -0.3 is 10.3 Å². The lowest BCUT2D eigenvalue weighted by molar-refractivity contribution is 0.0954. The smallest absolute Gasteiger partial charge is 0.252 e. The van der Waals surface area contributed by atoms with Crippen molar-refractivity contribution in [1.29, 1.82) is 0 Å². The van der Waals surface area contributed by atoms with Crippen LogP contribution >= 0.6 is 11.6 Å². The van der Waals surface area contributed by atoms with E-state index in [9.17, 15) is 9.18 Å². The van der Waals surface area contributed by atoms with Crippen LogP contribution in [0.25, 0.3) is 10.9 Å². The number of aryl methyl sites for hydroxylation is 2. The van der Waals surface area contributed by atoms with Crippen LogP contribution in [0.4, 0.5) is 4.39 Å². The highest BCUT2D eigenvalue weighted by molar-refractivity contribution is 6.33. The van der Waals surface area contributed by atoms with E-state index in [-0.39, 0.29) is 11.7 Å². The minimum Gasteiger partial charge on any atom is -0.356 e. The molecule has 0 saturated heterocycles. The SMILES string of the molecule is Cc1[nH]c2c(F)ccc(C)c2c1CCNC(=O)c1ccccc1Cl. The van der Waals surface area contributed by atoms with Crippen molar-refractivity contribution < 1.29 is 9.18 Å². The summed E-state index contributed by atoms with van der Waals surface area (Å²) >= 11 is 6.03. The van der Waals surface area contributed by atoms with Gasteiger partial charge in [-0.2, -0.15) is 0 Å². The van der Waals surface area contributed by atoms with E-state index in [1.165, 1.54) is 6.07 Å². The van der Waals surface area contributed by atoms with Gasteiger partial charge in [0, 0.05) is 17.6 Å². The lowest BCUT2D eigenvalue weighted by Crippen LogP contribution is -2.26. The van der Waals surface area contributed by atoms with E-state index in [1.807, 2.05) is 13.8 Å². The number of H-pyrrole nitrogens is 1. The Morgan fingerprint density at radius 1 is 1.21 bits per heavy atom. The summed E-state index contributed by atoms with van der Waals surface area (Å²) in [7, 11) is 0. The number of aromatic amines is 1. The van der Waals surface area contributed by atoms with Crippen molar-refractivity contribution in [3.63, 3.8) is 0 Å². The number of hydrogen-bond donors (Lipinski definition) is 2. The van der Waals surface area contributed by atoms with Crippen molar-refractivity contribution in [2.24, 2.45) is 0 Å². The molecule has 0 fully saturated rings. The van der Waals surface area contributed by atoms with Crippen molar-refractivity contribution in [3.8, 4) is 0 Å². The molecule has 3 aromatic rings. The van der Waals surface area contributed by atoms with Crippen molar-refractivity contribution in [2.45, 2.75) is 20.3 Å². The number of benzene rings is 2. The zero-order valence-corrected chi connectivity index (χ0v) is 14.3. The molecule has 5 heteroatoms. The van der Waals surface area contributed by atoms with Crippen LogP contribution in [0.2, 0.25) is 5.02 Å². The Labute approximate surface area is 144 Å². The minimum atomic E-state index is -0.259. The first kappa shape index (κ1) is 16.5. The third kappa shape index (κ3) is 3.02. The summed E-state index contributed by atoms with van der Waals surface area (Å²) in [5.41, 5.74) is 3.95. The van der Waals surface area contributed by atoms with Crippen molar-refractivity contribution in [3.05, 3.63) is 69.6 Å². The molecular weight excluding hydrogens is 327 g/mol. The molecular formula is C19H18ClFN2O. The van der Waals surface area contributed by atoms with Crippen molar-refractivity contribution in [1.82, 2.24) is 10.3 Å². The van der Waals surface area contributed by atoms with Crippen molar-refractivity contribution in [2.75, 3.05) is 6.54 Å². The molecule has 124 valence electrons. The Kier molecular flexibility index (Phi) is 4.58. The highest BCUT2D eigenvalue weighted by atomic mass is 35.5. The molecule has 0 bridgehead atoms. The second-order valence-corrected chi connectivity index (χ2v) is 6.24. The van der Waals surface area contributed by atoms with Crippen LogP contribution in [-0.2, 0) is 6.42 Å². The number of nitrogens with one attached hydrogen (secondary N) is 2. The molecule has 0 aliphatic rings. The predicted octanol–water partition coefficient (Wildman–Crippen LogP) is 4.55. The molecule has 0 atom stereocenters. The van der Waals surface area contributed by atoms with Crippen LogP contribution in [0.15, 0.2) is 36.4 Å². The quantitative estimate of drug-likeness (QED) is 0.716. The third-order valence-corrected chi connectivity index (χ3v) is 4.54. The number of rotatable bonds is 4. The van der Waals surface area contributed by atoms with Gasteiger partial charge in [0.25, 0.3) is 5.91 Å². The van der Waals surface area contributed by atoms with Gasteiger partial charge in [0.2, 0.25) is 0 Å². The average molecular weight is 345 g/mol. The maximum absolute atomic E-state index is 14.0. The van der Waals surface area contributed by atoms with Crippen LogP contribution < -0.4 is 5.32 Å². The van der Waals surface area contributed by atoms with Crippen molar-refractivity contribution >= 4 is 28.4 Å². The maximum atomic E-state index is 14.0. The standard InChI is InChI=1S/C19H18ClFN2O/c1-11-7-8-16(21)18-17(11)13(12(2)23-18)9-10-22-19(24)14-5-3-4-6-15(14)20/h3-8,23H,9-10H2,1-2H3,(H,22,24). The fourth-order valence-electron chi connectivity index (χ4n) is 3.00. The predicted molar refractivity (Wildman–Crippen MR) is 95.2 cm³/mol. The summed E-state index contributed by atoms with van der Waals surface area (Å²) in [6.07, 6.45) is 0.617. The molecule has 0 unspecified atom stereocenters. The lowest BCUT2D eigenvalue weighted by Gasteiger charge is -2.08. The van der Waals surface area contributed by atoms with Crippen LogP contribution in [0, 0.1) is 19.7 Å². The first-order chi connectivity index (χ1) is 11.5. The Balaban J connectivity index is 1.77.